The molecule has 0 heterocycles. The van der Waals surface area contributed by atoms with Crippen LogP contribution >= 0.6 is 0 Å². The second-order valence-corrected chi connectivity index (χ2v) is 5.02. The molecule has 3 fully saturated rings. The zero-order valence-corrected chi connectivity index (χ0v) is 8.77. The monoisotopic (exact) mass is 212 g/mol. The van der Waals surface area contributed by atoms with Gasteiger partial charge in [-0.15, -0.1) is 0 Å². The van der Waals surface area contributed by atoms with Crippen LogP contribution < -0.4 is 0 Å². The summed E-state index contributed by atoms with van der Waals surface area (Å²) >= 11 is 0. The van der Waals surface area contributed by atoms with Crippen molar-refractivity contribution in [2.45, 2.75) is 32.6 Å². The fraction of sp³-hybridized carbons (Fsp3) is 0.818. The minimum atomic E-state index is -1.05. The molecule has 0 aliphatic heterocycles. The van der Waals surface area contributed by atoms with Gasteiger partial charge in [-0.1, -0.05) is 0 Å². The highest BCUT2D eigenvalue weighted by atomic mass is 16.4. The van der Waals surface area contributed by atoms with Crippen molar-refractivity contribution in [2.75, 3.05) is 0 Å². The zero-order valence-electron chi connectivity index (χ0n) is 8.77. The van der Waals surface area contributed by atoms with E-state index < -0.39 is 23.3 Å². The van der Waals surface area contributed by atoms with Gasteiger partial charge in [0.2, 0.25) is 0 Å². The Morgan fingerprint density at radius 2 is 1.67 bits per heavy atom. The molecule has 15 heavy (non-hydrogen) atoms. The maximum absolute atomic E-state index is 11.3. The first-order valence-electron chi connectivity index (χ1n) is 5.44. The third-order valence-electron chi connectivity index (χ3n) is 4.46. The molecule has 0 amide bonds. The molecule has 84 valence electrons. The number of fused-ring (bicyclic) bond motifs is 3. The van der Waals surface area contributed by atoms with Crippen molar-refractivity contribution in [3.05, 3.63) is 0 Å². The molecule has 3 saturated carbocycles. The molecular formula is C11H16O4. The van der Waals surface area contributed by atoms with E-state index in [0.717, 1.165) is 25.7 Å². The van der Waals surface area contributed by atoms with E-state index in [4.69, 9.17) is 0 Å². The zero-order chi connectivity index (χ0) is 11.2. The molecule has 4 heteroatoms. The smallest absolute Gasteiger partial charge is 0.310 e. The predicted molar refractivity (Wildman–Crippen MR) is 52.3 cm³/mol. The largest absolute Gasteiger partial charge is 0.481 e. The highest BCUT2D eigenvalue weighted by Gasteiger charge is 2.59. The average Bonchev–Trinajstić information content (AvgIpc) is 2.18. The molecule has 0 aromatic carbocycles. The lowest BCUT2D eigenvalue weighted by Crippen LogP contribution is -2.55. The van der Waals surface area contributed by atoms with Gasteiger partial charge in [0.1, 0.15) is 0 Å². The Bertz CT molecular complexity index is 304. The van der Waals surface area contributed by atoms with E-state index >= 15 is 0 Å². The van der Waals surface area contributed by atoms with E-state index in [9.17, 15) is 19.8 Å². The summed E-state index contributed by atoms with van der Waals surface area (Å²) in [4.78, 5) is 22.5. The predicted octanol–water partition coefficient (Wildman–Crippen LogP) is 1.60. The number of carbonyl (C=O) groups is 2. The second kappa shape index (κ2) is 3.22. The lowest BCUT2D eigenvalue weighted by Gasteiger charge is -2.51. The lowest BCUT2D eigenvalue weighted by molar-refractivity contribution is -0.180. The second-order valence-electron chi connectivity index (χ2n) is 5.02. The Balaban J connectivity index is 2.41. The van der Waals surface area contributed by atoms with Gasteiger partial charge in [-0.05, 0) is 44.4 Å². The summed E-state index contributed by atoms with van der Waals surface area (Å²) in [5, 5.41) is 18.5. The number of carboxylic acids is 2. The third kappa shape index (κ3) is 1.27. The average molecular weight is 212 g/mol. The fourth-order valence-electron chi connectivity index (χ4n) is 3.56. The van der Waals surface area contributed by atoms with Crippen molar-refractivity contribution >= 4 is 11.9 Å². The SMILES string of the molecule is CC1(C(=O)O)C2CCC(CC2)C1C(=O)O. The number of hydrogen-bond donors (Lipinski definition) is 2. The summed E-state index contributed by atoms with van der Waals surface area (Å²) in [5.41, 5.74) is -1.05. The van der Waals surface area contributed by atoms with Crippen LogP contribution in [0.1, 0.15) is 32.6 Å². The first-order chi connectivity index (χ1) is 6.98. The number of carboxylic acid groups (broad SMARTS) is 2. The minimum absolute atomic E-state index is 0.0427. The number of hydrogen-bond acceptors (Lipinski definition) is 2. The van der Waals surface area contributed by atoms with Gasteiger partial charge in [0.05, 0.1) is 11.3 Å². The molecule has 2 bridgehead atoms. The topological polar surface area (TPSA) is 74.6 Å². The van der Waals surface area contributed by atoms with Crippen LogP contribution in [0.25, 0.3) is 0 Å². The Morgan fingerprint density at radius 3 is 2.00 bits per heavy atom. The molecule has 0 radical (unpaired) electrons. The van der Waals surface area contributed by atoms with Crippen LogP contribution in [0, 0.1) is 23.2 Å². The van der Waals surface area contributed by atoms with Crippen molar-refractivity contribution in [3.8, 4) is 0 Å². The van der Waals surface area contributed by atoms with Crippen molar-refractivity contribution in [3.63, 3.8) is 0 Å². The van der Waals surface area contributed by atoms with Crippen LogP contribution in [0.3, 0.4) is 0 Å². The van der Waals surface area contributed by atoms with E-state index in [1.165, 1.54) is 0 Å². The van der Waals surface area contributed by atoms with Crippen LogP contribution in [0.15, 0.2) is 0 Å². The van der Waals surface area contributed by atoms with E-state index in [1.807, 2.05) is 0 Å². The quantitative estimate of drug-likeness (QED) is 0.729. The molecule has 3 aliphatic carbocycles. The molecule has 3 aliphatic rings. The summed E-state index contributed by atoms with van der Waals surface area (Å²) in [7, 11) is 0. The van der Waals surface area contributed by atoms with Crippen molar-refractivity contribution in [1.82, 2.24) is 0 Å². The van der Waals surface area contributed by atoms with Gasteiger partial charge in [-0.3, -0.25) is 9.59 Å². The summed E-state index contributed by atoms with van der Waals surface area (Å²) in [5.74, 6) is -2.46. The molecule has 2 atom stereocenters. The van der Waals surface area contributed by atoms with Crippen molar-refractivity contribution in [2.24, 2.45) is 23.2 Å². The maximum Gasteiger partial charge on any atom is 0.310 e. The molecule has 2 N–H and O–H groups in total. The van der Waals surface area contributed by atoms with Crippen LogP contribution in [0.5, 0.6) is 0 Å². The first-order valence-corrected chi connectivity index (χ1v) is 5.44. The van der Waals surface area contributed by atoms with Crippen molar-refractivity contribution < 1.29 is 19.8 Å². The van der Waals surface area contributed by atoms with Gasteiger partial charge in [0.15, 0.2) is 0 Å². The van der Waals surface area contributed by atoms with Gasteiger partial charge in [-0.2, -0.15) is 0 Å². The Hall–Kier alpha value is -1.06. The standard InChI is InChI=1S/C11H16O4/c1-11(10(14)15)7-4-2-6(3-5-7)8(11)9(12)13/h6-8H,2-5H2,1H3,(H,12,13)(H,14,15). The summed E-state index contributed by atoms with van der Waals surface area (Å²) in [6, 6.07) is 0. The number of aliphatic carboxylic acids is 2. The van der Waals surface area contributed by atoms with Gasteiger partial charge in [-0.25, -0.2) is 0 Å². The molecule has 2 unspecified atom stereocenters. The van der Waals surface area contributed by atoms with Crippen LogP contribution in [0.4, 0.5) is 0 Å². The number of rotatable bonds is 2. The molecule has 3 rings (SSSR count). The Labute approximate surface area is 88.3 Å². The molecule has 0 spiro atoms. The molecule has 0 saturated heterocycles. The Morgan fingerprint density at radius 1 is 1.13 bits per heavy atom. The van der Waals surface area contributed by atoms with E-state index in [1.54, 1.807) is 6.92 Å². The van der Waals surface area contributed by atoms with E-state index in [-0.39, 0.29) is 11.8 Å². The molecular weight excluding hydrogens is 196 g/mol. The molecule has 0 aromatic heterocycles. The summed E-state index contributed by atoms with van der Waals surface area (Å²) in [6.45, 7) is 1.62. The maximum atomic E-state index is 11.3. The lowest BCUT2D eigenvalue weighted by atomic mass is 9.51. The van der Waals surface area contributed by atoms with Crippen LogP contribution in [-0.4, -0.2) is 22.2 Å². The molecule has 4 nitrogen and oxygen atoms in total. The van der Waals surface area contributed by atoms with Gasteiger partial charge in [0, 0.05) is 0 Å². The highest BCUT2D eigenvalue weighted by molar-refractivity contribution is 5.84. The van der Waals surface area contributed by atoms with E-state index in [2.05, 4.69) is 0 Å². The summed E-state index contributed by atoms with van der Waals surface area (Å²) < 4.78 is 0. The van der Waals surface area contributed by atoms with Crippen LogP contribution in [0.2, 0.25) is 0 Å². The fourth-order valence-corrected chi connectivity index (χ4v) is 3.56. The summed E-state index contributed by atoms with van der Waals surface area (Å²) in [6.07, 6.45) is 3.50. The van der Waals surface area contributed by atoms with E-state index in [0.29, 0.717) is 0 Å². The van der Waals surface area contributed by atoms with Gasteiger partial charge in [0.25, 0.3) is 0 Å². The molecule has 0 aromatic rings. The van der Waals surface area contributed by atoms with Gasteiger partial charge < -0.3 is 10.2 Å². The van der Waals surface area contributed by atoms with Crippen LogP contribution in [-0.2, 0) is 9.59 Å². The Kier molecular flexibility index (Phi) is 2.24. The normalized spacial score (nSPS) is 43.9. The third-order valence-corrected chi connectivity index (χ3v) is 4.46. The van der Waals surface area contributed by atoms with Crippen molar-refractivity contribution in [1.29, 1.82) is 0 Å². The first kappa shape index (κ1) is 10.5. The van der Waals surface area contributed by atoms with Gasteiger partial charge >= 0.3 is 11.9 Å². The highest BCUT2D eigenvalue weighted by Crippen LogP contribution is 2.56. The minimum Gasteiger partial charge on any atom is -0.481 e.